The Balaban J connectivity index is 1.45. The highest BCUT2D eigenvalue weighted by atomic mass is 35.5. The Morgan fingerprint density at radius 3 is 2.54 bits per heavy atom. The molecular formula is C25H34ClN5O5S. The third kappa shape index (κ3) is 5.14. The molecule has 0 spiro atoms. The predicted molar refractivity (Wildman–Crippen MR) is 140 cm³/mol. The predicted octanol–water partition coefficient (Wildman–Crippen LogP) is 1.62. The van der Waals surface area contributed by atoms with E-state index in [2.05, 4.69) is 15.6 Å². The van der Waals surface area contributed by atoms with Crippen LogP contribution in [0.3, 0.4) is 0 Å². The van der Waals surface area contributed by atoms with Crippen molar-refractivity contribution in [2.75, 3.05) is 26.2 Å². The van der Waals surface area contributed by atoms with E-state index in [9.17, 15) is 23.1 Å². The van der Waals surface area contributed by atoms with Crippen molar-refractivity contribution >= 4 is 33.3 Å². The standard InChI is InChI=1S/C25H34ClN5O5S/c1-4-27-15-20(32)24(2,3)37(35,36)25(9-10-25)16-30-11-12-31-19(23(30)34)14-28-21(31)22(33)29-13-17-5-7-18(26)8-6-17/h5-8,14,20,27,32H,4,9-13,15-16H2,1-3H3,(H,29,33). The van der Waals surface area contributed by atoms with E-state index in [0.29, 0.717) is 31.0 Å². The number of aliphatic hydroxyl groups is 1. The van der Waals surface area contributed by atoms with Gasteiger partial charge < -0.3 is 25.2 Å². The summed E-state index contributed by atoms with van der Waals surface area (Å²) in [4.78, 5) is 31.8. The molecule has 1 saturated carbocycles. The molecule has 1 aliphatic heterocycles. The molecule has 1 aliphatic carbocycles. The lowest BCUT2D eigenvalue weighted by Gasteiger charge is -2.37. The summed E-state index contributed by atoms with van der Waals surface area (Å²) in [7, 11) is -3.78. The van der Waals surface area contributed by atoms with Crippen molar-refractivity contribution in [2.45, 2.75) is 62.3 Å². The van der Waals surface area contributed by atoms with Gasteiger partial charge in [-0.1, -0.05) is 30.7 Å². The van der Waals surface area contributed by atoms with E-state index < -0.39 is 31.3 Å². The SMILES string of the molecule is CCNCC(O)C(C)(C)S(=O)(=O)C1(CN2CCn3c(cnc3C(=O)NCc3ccc(Cl)cc3)C2=O)CC1. The molecule has 12 heteroatoms. The molecule has 3 N–H and O–H groups in total. The molecule has 2 heterocycles. The number of carbonyl (C=O) groups is 2. The minimum absolute atomic E-state index is 0.0504. The van der Waals surface area contributed by atoms with Crippen LogP contribution in [0.2, 0.25) is 5.02 Å². The summed E-state index contributed by atoms with van der Waals surface area (Å²) in [5.41, 5.74) is 1.13. The number of benzene rings is 1. The molecule has 0 bridgehead atoms. The number of rotatable bonds is 11. The molecule has 2 aromatic rings. The van der Waals surface area contributed by atoms with Gasteiger partial charge in [-0.2, -0.15) is 0 Å². The number of imidazole rings is 1. The van der Waals surface area contributed by atoms with Gasteiger partial charge in [0.25, 0.3) is 11.8 Å². The zero-order valence-electron chi connectivity index (χ0n) is 21.3. The summed E-state index contributed by atoms with van der Waals surface area (Å²) in [6.07, 6.45) is 1.16. The van der Waals surface area contributed by atoms with Gasteiger partial charge in [0.05, 0.1) is 21.8 Å². The molecule has 37 heavy (non-hydrogen) atoms. The van der Waals surface area contributed by atoms with Crippen molar-refractivity contribution in [3.8, 4) is 0 Å². The second-order valence-corrected chi connectivity index (χ2v) is 13.6. The molecule has 1 aromatic carbocycles. The Labute approximate surface area is 222 Å². The maximum Gasteiger partial charge on any atom is 0.287 e. The molecular weight excluding hydrogens is 518 g/mol. The van der Waals surface area contributed by atoms with E-state index in [0.717, 1.165) is 5.56 Å². The van der Waals surface area contributed by atoms with E-state index in [4.69, 9.17) is 11.6 Å². The number of hydrogen-bond donors (Lipinski definition) is 3. The van der Waals surface area contributed by atoms with Crippen molar-refractivity contribution < 1.29 is 23.1 Å². The number of hydrogen-bond acceptors (Lipinski definition) is 7. The number of sulfone groups is 1. The average molecular weight is 552 g/mol. The Hall–Kier alpha value is -2.47. The van der Waals surface area contributed by atoms with Crippen LogP contribution in [-0.2, 0) is 22.9 Å². The third-order valence-electron chi connectivity index (χ3n) is 7.46. The highest BCUT2D eigenvalue weighted by Crippen LogP contribution is 2.49. The van der Waals surface area contributed by atoms with Gasteiger partial charge in [0.1, 0.15) is 5.69 Å². The maximum atomic E-state index is 13.7. The highest BCUT2D eigenvalue weighted by Gasteiger charge is 2.62. The van der Waals surface area contributed by atoms with Crippen molar-refractivity contribution in [3.63, 3.8) is 0 Å². The van der Waals surface area contributed by atoms with Crippen LogP contribution in [0.25, 0.3) is 0 Å². The van der Waals surface area contributed by atoms with Crippen LogP contribution in [0.15, 0.2) is 30.5 Å². The van der Waals surface area contributed by atoms with Crippen molar-refractivity contribution in [1.29, 1.82) is 0 Å². The lowest BCUT2D eigenvalue weighted by Crippen LogP contribution is -2.56. The normalized spacial score (nSPS) is 17.9. The first-order valence-corrected chi connectivity index (χ1v) is 14.3. The fraction of sp³-hybridized carbons (Fsp3) is 0.560. The summed E-state index contributed by atoms with van der Waals surface area (Å²) >= 11 is 5.90. The van der Waals surface area contributed by atoms with Crippen LogP contribution in [0.5, 0.6) is 0 Å². The van der Waals surface area contributed by atoms with Gasteiger partial charge in [0.15, 0.2) is 15.7 Å². The van der Waals surface area contributed by atoms with Crippen LogP contribution in [0, 0.1) is 0 Å². The zero-order chi connectivity index (χ0) is 27.0. The molecule has 0 saturated heterocycles. The van der Waals surface area contributed by atoms with E-state index in [1.54, 1.807) is 30.5 Å². The van der Waals surface area contributed by atoms with Crippen LogP contribution in [0.4, 0.5) is 0 Å². The van der Waals surface area contributed by atoms with E-state index >= 15 is 0 Å². The van der Waals surface area contributed by atoms with E-state index in [-0.39, 0.29) is 43.6 Å². The van der Waals surface area contributed by atoms with Gasteiger partial charge in [0, 0.05) is 37.7 Å². The van der Waals surface area contributed by atoms with Crippen LogP contribution >= 0.6 is 11.6 Å². The largest absolute Gasteiger partial charge is 0.390 e. The molecule has 1 aromatic heterocycles. The fourth-order valence-electron chi connectivity index (χ4n) is 4.72. The van der Waals surface area contributed by atoms with Crippen LogP contribution < -0.4 is 10.6 Å². The minimum Gasteiger partial charge on any atom is -0.390 e. The number of fused-ring (bicyclic) bond motifs is 1. The van der Waals surface area contributed by atoms with Gasteiger partial charge in [-0.15, -0.1) is 0 Å². The van der Waals surface area contributed by atoms with Gasteiger partial charge in [-0.3, -0.25) is 9.59 Å². The Bertz CT molecular complexity index is 1270. The topological polar surface area (TPSA) is 134 Å². The summed E-state index contributed by atoms with van der Waals surface area (Å²) in [6.45, 7) is 6.70. The molecule has 4 rings (SSSR count). The van der Waals surface area contributed by atoms with Crippen molar-refractivity contribution in [1.82, 2.24) is 25.1 Å². The van der Waals surface area contributed by atoms with Crippen LogP contribution in [0.1, 0.15) is 60.3 Å². The second kappa shape index (κ2) is 10.4. The monoisotopic (exact) mass is 551 g/mol. The third-order valence-corrected chi connectivity index (χ3v) is 11.1. The fourth-order valence-corrected chi connectivity index (χ4v) is 7.36. The number of nitrogens with zero attached hydrogens (tertiary/aromatic N) is 3. The average Bonchev–Trinajstić information content (AvgIpc) is 3.53. The smallest absolute Gasteiger partial charge is 0.287 e. The number of likely N-dealkylation sites (N-methyl/N-ethyl adjacent to an activating group) is 1. The number of aliphatic hydroxyl groups excluding tert-OH is 1. The van der Waals surface area contributed by atoms with Gasteiger partial charge in [-0.25, -0.2) is 13.4 Å². The summed E-state index contributed by atoms with van der Waals surface area (Å²) < 4.78 is 26.5. The van der Waals surface area contributed by atoms with Crippen LogP contribution in [-0.4, -0.2) is 81.6 Å². The molecule has 2 aliphatic rings. The number of halogens is 1. The molecule has 10 nitrogen and oxygen atoms in total. The number of nitrogens with one attached hydrogen (secondary N) is 2. The highest BCUT2D eigenvalue weighted by molar-refractivity contribution is 7.94. The maximum absolute atomic E-state index is 13.7. The lowest BCUT2D eigenvalue weighted by atomic mass is 10.1. The first-order valence-electron chi connectivity index (χ1n) is 12.4. The first-order chi connectivity index (χ1) is 17.4. The summed E-state index contributed by atoms with van der Waals surface area (Å²) in [5, 5.41) is 17.0. The molecule has 1 atom stereocenters. The molecule has 1 unspecified atom stereocenters. The molecule has 1 fully saturated rings. The van der Waals surface area contributed by atoms with Gasteiger partial charge in [0.2, 0.25) is 0 Å². The summed E-state index contributed by atoms with van der Waals surface area (Å²) in [5.74, 6) is -0.624. The minimum atomic E-state index is -3.78. The second-order valence-electron chi connectivity index (χ2n) is 10.3. The Morgan fingerprint density at radius 2 is 1.92 bits per heavy atom. The Kier molecular flexibility index (Phi) is 7.72. The number of amides is 2. The quantitative estimate of drug-likeness (QED) is 0.386. The number of aromatic nitrogens is 2. The summed E-state index contributed by atoms with van der Waals surface area (Å²) in [6, 6.07) is 7.11. The van der Waals surface area contributed by atoms with E-state index in [1.165, 1.54) is 11.1 Å². The molecule has 2 amide bonds. The number of carbonyl (C=O) groups excluding carboxylic acids is 2. The van der Waals surface area contributed by atoms with Crippen molar-refractivity contribution in [2.24, 2.45) is 0 Å². The zero-order valence-corrected chi connectivity index (χ0v) is 22.9. The molecule has 0 radical (unpaired) electrons. The Morgan fingerprint density at radius 1 is 1.24 bits per heavy atom. The van der Waals surface area contributed by atoms with Gasteiger partial charge >= 0.3 is 0 Å². The van der Waals surface area contributed by atoms with Gasteiger partial charge in [-0.05, 0) is 50.9 Å². The van der Waals surface area contributed by atoms with E-state index in [1.807, 2.05) is 19.1 Å². The van der Waals surface area contributed by atoms with Crippen molar-refractivity contribution in [3.05, 3.63) is 52.6 Å². The molecule has 202 valence electrons. The first kappa shape index (κ1) is 27.6. The lowest BCUT2D eigenvalue weighted by molar-refractivity contribution is 0.0697.